The maximum Gasteiger partial charge on any atom is 0.308 e. The standard InChI is InChI=1S/C11H10N2O5/c12-10(14)4-2-7-1-3-8(6-11(15)16)9(5-7)13(17)18/h1-5H,6H2,(H2,12,14)(H,15,16). The quantitative estimate of drug-likeness (QED) is 0.452. The zero-order valence-corrected chi connectivity index (χ0v) is 9.20. The van der Waals surface area contributed by atoms with Gasteiger partial charge in [0.15, 0.2) is 0 Å². The number of aliphatic carboxylic acids is 1. The lowest BCUT2D eigenvalue weighted by Crippen LogP contribution is -2.05. The molecule has 0 spiro atoms. The number of carbonyl (C=O) groups is 2. The number of nitrogens with zero attached hydrogens (tertiary/aromatic N) is 1. The van der Waals surface area contributed by atoms with Crippen LogP contribution in [0.5, 0.6) is 0 Å². The molecule has 0 saturated heterocycles. The molecule has 0 fully saturated rings. The minimum absolute atomic E-state index is 0.101. The number of carbonyl (C=O) groups excluding carboxylic acids is 1. The highest BCUT2D eigenvalue weighted by molar-refractivity contribution is 5.90. The topological polar surface area (TPSA) is 124 Å². The molecule has 0 heterocycles. The van der Waals surface area contributed by atoms with Crippen molar-refractivity contribution in [2.24, 2.45) is 5.73 Å². The Morgan fingerprint density at radius 1 is 1.44 bits per heavy atom. The number of nitrogens with two attached hydrogens (primary N) is 1. The van der Waals surface area contributed by atoms with Gasteiger partial charge in [0.05, 0.1) is 11.3 Å². The minimum Gasteiger partial charge on any atom is -0.481 e. The molecule has 1 amide bonds. The van der Waals surface area contributed by atoms with Crippen LogP contribution < -0.4 is 5.73 Å². The highest BCUT2D eigenvalue weighted by Crippen LogP contribution is 2.21. The van der Waals surface area contributed by atoms with E-state index in [0.29, 0.717) is 5.56 Å². The van der Waals surface area contributed by atoms with Gasteiger partial charge in [-0.15, -0.1) is 0 Å². The van der Waals surface area contributed by atoms with Gasteiger partial charge < -0.3 is 10.8 Å². The fourth-order valence-electron chi connectivity index (χ4n) is 1.35. The Bertz CT molecular complexity index is 536. The second kappa shape index (κ2) is 5.58. The number of benzene rings is 1. The van der Waals surface area contributed by atoms with Crippen molar-refractivity contribution >= 4 is 23.6 Å². The zero-order chi connectivity index (χ0) is 13.7. The molecule has 0 bridgehead atoms. The van der Waals surface area contributed by atoms with Crippen LogP contribution in [0.25, 0.3) is 6.08 Å². The molecule has 0 aromatic heterocycles. The summed E-state index contributed by atoms with van der Waals surface area (Å²) in [7, 11) is 0. The van der Waals surface area contributed by atoms with E-state index >= 15 is 0 Å². The van der Waals surface area contributed by atoms with Crippen LogP contribution in [-0.2, 0) is 16.0 Å². The number of nitro groups is 1. The molecule has 7 heteroatoms. The van der Waals surface area contributed by atoms with E-state index in [1.165, 1.54) is 24.3 Å². The molecule has 1 aromatic carbocycles. The number of hydrogen-bond acceptors (Lipinski definition) is 4. The maximum atomic E-state index is 10.8. The summed E-state index contributed by atoms with van der Waals surface area (Å²) in [6, 6.07) is 4.01. The number of amides is 1. The van der Waals surface area contributed by atoms with Gasteiger partial charge in [-0.1, -0.05) is 12.1 Å². The van der Waals surface area contributed by atoms with Crippen LogP contribution in [0.3, 0.4) is 0 Å². The summed E-state index contributed by atoms with van der Waals surface area (Å²) in [5, 5.41) is 19.4. The molecule has 0 radical (unpaired) electrons. The van der Waals surface area contributed by atoms with Crippen molar-refractivity contribution in [2.75, 3.05) is 0 Å². The molecule has 1 rings (SSSR count). The number of carboxylic acids is 1. The molecular formula is C11H10N2O5. The Balaban J connectivity index is 3.14. The van der Waals surface area contributed by atoms with Crippen molar-refractivity contribution < 1.29 is 19.6 Å². The summed E-state index contributed by atoms with van der Waals surface area (Å²) < 4.78 is 0. The zero-order valence-electron chi connectivity index (χ0n) is 9.20. The fourth-order valence-corrected chi connectivity index (χ4v) is 1.35. The van der Waals surface area contributed by atoms with Crippen molar-refractivity contribution in [1.29, 1.82) is 0 Å². The monoisotopic (exact) mass is 250 g/mol. The SMILES string of the molecule is NC(=O)C=Cc1ccc(CC(=O)O)c([N+](=O)[O-])c1. The summed E-state index contributed by atoms with van der Waals surface area (Å²) in [5.41, 5.74) is 5.09. The van der Waals surface area contributed by atoms with Crippen molar-refractivity contribution in [2.45, 2.75) is 6.42 Å². The number of primary amides is 1. The smallest absolute Gasteiger partial charge is 0.308 e. The van der Waals surface area contributed by atoms with Crippen molar-refractivity contribution in [1.82, 2.24) is 0 Å². The van der Waals surface area contributed by atoms with Crippen molar-refractivity contribution in [3.63, 3.8) is 0 Å². The Morgan fingerprint density at radius 3 is 2.61 bits per heavy atom. The van der Waals surface area contributed by atoms with Gasteiger partial charge in [0.25, 0.3) is 5.69 Å². The van der Waals surface area contributed by atoms with E-state index in [1.807, 2.05) is 0 Å². The number of rotatable bonds is 5. The average molecular weight is 250 g/mol. The van der Waals surface area contributed by atoms with E-state index in [0.717, 1.165) is 6.08 Å². The molecule has 1 aromatic rings. The van der Waals surface area contributed by atoms with Crippen molar-refractivity contribution in [3.8, 4) is 0 Å². The van der Waals surface area contributed by atoms with Crippen LogP contribution in [0.2, 0.25) is 0 Å². The molecule has 0 aliphatic carbocycles. The largest absolute Gasteiger partial charge is 0.481 e. The highest BCUT2D eigenvalue weighted by Gasteiger charge is 2.16. The van der Waals surface area contributed by atoms with E-state index in [9.17, 15) is 19.7 Å². The van der Waals surface area contributed by atoms with E-state index in [2.05, 4.69) is 0 Å². The van der Waals surface area contributed by atoms with E-state index in [4.69, 9.17) is 10.8 Å². The first-order valence-corrected chi connectivity index (χ1v) is 4.87. The molecule has 0 saturated carbocycles. The Hall–Kier alpha value is -2.70. The first-order chi connectivity index (χ1) is 8.40. The van der Waals surface area contributed by atoms with Crippen LogP contribution in [0.4, 0.5) is 5.69 Å². The summed E-state index contributed by atoms with van der Waals surface area (Å²) in [5.74, 6) is -1.83. The van der Waals surface area contributed by atoms with Gasteiger partial charge in [-0.25, -0.2) is 0 Å². The van der Waals surface area contributed by atoms with Crippen LogP contribution in [-0.4, -0.2) is 21.9 Å². The van der Waals surface area contributed by atoms with Crippen LogP contribution >= 0.6 is 0 Å². The fraction of sp³-hybridized carbons (Fsp3) is 0.0909. The molecule has 94 valence electrons. The number of nitro benzene ring substituents is 1. The van der Waals surface area contributed by atoms with Crippen LogP contribution in [0.15, 0.2) is 24.3 Å². The van der Waals surface area contributed by atoms with Crippen molar-refractivity contribution in [3.05, 3.63) is 45.5 Å². The summed E-state index contributed by atoms with van der Waals surface area (Å²) in [6.45, 7) is 0. The average Bonchev–Trinajstić information content (AvgIpc) is 2.26. The van der Waals surface area contributed by atoms with Gasteiger partial charge in [-0.05, 0) is 11.6 Å². The molecule has 0 atom stereocenters. The maximum absolute atomic E-state index is 10.8. The lowest BCUT2D eigenvalue weighted by atomic mass is 10.1. The van der Waals surface area contributed by atoms with Crippen LogP contribution in [0, 0.1) is 10.1 Å². The predicted molar refractivity (Wildman–Crippen MR) is 62.7 cm³/mol. The van der Waals surface area contributed by atoms with Crippen LogP contribution in [0.1, 0.15) is 11.1 Å². The molecule has 18 heavy (non-hydrogen) atoms. The molecule has 3 N–H and O–H groups in total. The summed E-state index contributed by atoms with van der Waals surface area (Å²) in [4.78, 5) is 31.2. The summed E-state index contributed by atoms with van der Waals surface area (Å²) >= 11 is 0. The van der Waals surface area contributed by atoms with Gasteiger partial charge in [-0.3, -0.25) is 19.7 Å². The van der Waals surface area contributed by atoms with Gasteiger partial charge in [0.2, 0.25) is 5.91 Å². The Morgan fingerprint density at radius 2 is 2.11 bits per heavy atom. The minimum atomic E-state index is -1.15. The lowest BCUT2D eigenvalue weighted by molar-refractivity contribution is -0.385. The first-order valence-electron chi connectivity index (χ1n) is 4.87. The van der Waals surface area contributed by atoms with Gasteiger partial charge in [0, 0.05) is 17.7 Å². The lowest BCUT2D eigenvalue weighted by Gasteiger charge is -2.01. The summed E-state index contributed by atoms with van der Waals surface area (Å²) in [6.07, 6.45) is 1.95. The number of hydrogen-bond donors (Lipinski definition) is 2. The van der Waals surface area contributed by atoms with Gasteiger partial charge >= 0.3 is 5.97 Å². The third-order valence-electron chi connectivity index (χ3n) is 2.09. The number of carboxylic acid groups (broad SMARTS) is 1. The van der Waals surface area contributed by atoms with E-state index in [1.54, 1.807) is 0 Å². The first kappa shape index (κ1) is 13.4. The van der Waals surface area contributed by atoms with Gasteiger partial charge in [0.1, 0.15) is 0 Å². The van der Waals surface area contributed by atoms with E-state index in [-0.39, 0.29) is 11.3 Å². The van der Waals surface area contributed by atoms with E-state index < -0.39 is 23.2 Å². The van der Waals surface area contributed by atoms with Gasteiger partial charge in [-0.2, -0.15) is 0 Å². The normalized spacial score (nSPS) is 10.4. The highest BCUT2D eigenvalue weighted by atomic mass is 16.6. The predicted octanol–water partition coefficient (Wildman–Crippen LogP) is 0.720. The second-order valence-corrected chi connectivity index (χ2v) is 3.45. The Kier molecular flexibility index (Phi) is 4.14. The second-order valence-electron chi connectivity index (χ2n) is 3.45. The third-order valence-corrected chi connectivity index (χ3v) is 2.09. The molecule has 0 aliphatic rings. The third kappa shape index (κ3) is 3.71. The molecule has 0 unspecified atom stereocenters. The molecule has 0 aliphatic heterocycles. The molecule has 7 nitrogen and oxygen atoms in total. The molecular weight excluding hydrogens is 240 g/mol. The Labute approximate surface area is 102 Å².